The van der Waals surface area contributed by atoms with Crippen molar-refractivity contribution in [3.63, 3.8) is 0 Å². The molecule has 3 heteroatoms. The second kappa shape index (κ2) is 6.72. The molecule has 0 saturated heterocycles. The lowest BCUT2D eigenvalue weighted by molar-refractivity contribution is -0.129. The number of hydrogen-bond acceptors (Lipinski definition) is 2. The Balaban J connectivity index is 2.71. The lowest BCUT2D eigenvalue weighted by Crippen LogP contribution is -2.50. The molecule has 0 aliphatic carbocycles. The summed E-state index contributed by atoms with van der Waals surface area (Å²) < 4.78 is 5.85. The number of aryl methyl sites for hydroxylation is 1. The highest BCUT2D eigenvalue weighted by Gasteiger charge is 2.29. The molecule has 0 unspecified atom stereocenters. The minimum atomic E-state index is -0.514. The highest BCUT2D eigenvalue weighted by molar-refractivity contribution is 5.81. The van der Waals surface area contributed by atoms with Gasteiger partial charge in [0.15, 0.2) is 6.10 Å². The summed E-state index contributed by atoms with van der Waals surface area (Å²) in [4.78, 5) is 12.4. The monoisotopic (exact) mass is 305 g/mol. The maximum atomic E-state index is 12.4. The van der Waals surface area contributed by atoms with Gasteiger partial charge in [0.1, 0.15) is 5.75 Å². The van der Waals surface area contributed by atoms with E-state index in [0.717, 1.165) is 23.3 Å². The SMILES string of the molecule is Cc1cccc(O[C@H](C)C(=O)NC(C)(C)CC(C)(C)C)c1C. The molecule has 0 aromatic heterocycles. The molecule has 0 saturated carbocycles. The number of amides is 1. The summed E-state index contributed by atoms with van der Waals surface area (Å²) in [5, 5.41) is 3.10. The number of hydrogen-bond donors (Lipinski definition) is 1. The van der Waals surface area contributed by atoms with Crippen LogP contribution in [0.2, 0.25) is 0 Å². The number of benzene rings is 1. The summed E-state index contributed by atoms with van der Waals surface area (Å²) in [5.41, 5.74) is 2.15. The number of rotatable bonds is 5. The summed E-state index contributed by atoms with van der Waals surface area (Å²) >= 11 is 0. The molecule has 0 radical (unpaired) electrons. The number of nitrogens with one attached hydrogen (secondary N) is 1. The van der Waals surface area contributed by atoms with Gasteiger partial charge in [0, 0.05) is 5.54 Å². The maximum Gasteiger partial charge on any atom is 0.261 e. The fourth-order valence-electron chi connectivity index (χ4n) is 2.90. The Labute approximate surface area is 135 Å². The van der Waals surface area contributed by atoms with Gasteiger partial charge in [-0.3, -0.25) is 4.79 Å². The lowest BCUT2D eigenvalue weighted by atomic mass is 9.81. The Kier molecular flexibility index (Phi) is 5.66. The Morgan fingerprint density at radius 1 is 1.18 bits per heavy atom. The van der Waals surface area contributed by atoms with Crippen molar-refractivity contribution < 1.29 is 9.53 Å². The van der Waals surface area contributed by atoms with Crippen LogP contribution >= 0.6 is 0 Å². The molecule has 0 fully saturated rings. The second-order valence-electron chi connectivity index (χ2n) is 8.07. The van der Waals surface area contributed by atoms with Gasteiger partial charge in [-0.1, -0.05) is 32.9 Å². The van der Waals surface area contributed by atoms with E-state index in [9.17, 15) is 4.79 Å². The zero-order valence-electron chi connectivity index (χ0n) is 15.3. The van der Waals surface area contributed by atoms with Crippen LogP contribution in [0.3, 0.4) is 0 Å². The van der Waals surface area contributed by atoms with Gasteiger partial charge in [0.25, 0.3) is 5.91 Å². The first kappa shape index (κ1) is 18.5. The van der Waals surface area contributed by atoms with Gasteiger partial charge >= 0.3 is 0 Å². The first-order valence-corrected chi connectivity index (χ1v) is 7.96. The number of carbonyl (C=O) groups is 1. The van der Waals surface area contributed by atoms with Crippen molar-refractivity contribution in [1.29, 1.82) is 0 Å². The summed E-state index contributed by atoms with van der Waals surface area (Å²) in [6, 6.07) is 5.90. The van der Waals surface area contributed by atoms with E-state index in [-0.39, 0.29) is 16.9 Å². The van der Waals surface area contributed by atoms with Gasteiger partial charge in [-0.25, -0.2) is 0 Å². The third-order valence-corrected chi connectivity index (χ3v) is 3.66. The van der Waals surface area contributed by atoms with E-state index < -0.39 is 6.10 Å². The van der Waals surface area contributed by atoms with Gasteiger partial charge in [-0.15, -0.1) is 0 Å². The molecule has 0 heterocycles. The topological polar surface area (TPSA) is 38.3 Å². The van der Waals surface area contributed by atoms with Gasteiger partial charge < -0.3 is 10.1 Å². The fraction of sp³-hybridized carbons (Fsp3) is 0.632. The van der Waals surface area contributed by atoms with Gasteiger partial charge in [0.05, 0.1) is 0 Å². The normalized spacial score (nSPS) is 13.6. The quantitative estimate of drug-likeness (QED) is 0.875. The van der Waals surface area contributed by atoms with Gasteiger partial charge in [-0.2, -0.15) is 0 Å². The van der Waals surface area contributed by atoms with Crippen molar-refractivity contribution >= 4 is 5.91 Å². The summed E-state index contributed by atoms with van der Waals surface area (Å²) in [7, 11) is 0. The van der Waals surface area contributed by atoms with Crippen molar-refractivity contribution in [2.45, 2.75) is 73.5 Å². The zero-order chi connectivity index (χ0) is 17.1. The van der Waals surface area contributed by atoms with E-state index >= 15 is 0 Å². The fourth-order valence-corrected chi connectivity index (χ4v) is 2.90. The van der Waals surface area contributed by atoms with Crippen molar-refractivity contribution in [3.05, 3.63) is 29.3 Å². The Hall–Kier alpha value is -1.51. The maximum absolute atomic E-state index is 12.4. The first-order valence-electron chi connectivity index (χ1n) is 7.96. The van der Waals surface area contributed by atoms with E-state index in [0.29, 0.717) is 0 Å². The van der Waals surface area contributed by atoms with E-state index in [1.807, 2.05) is 32.0 Å². The highest BCUT2D eigenvalue weighted by atomic mass is 16.5. The predicted molar refractivity (Wildman–Crippen MR) is 92.3 cm³/mol. The molecule has 0 aliphatic rings. The summed E-state index contributed by atoms with van der Waals surface area (Å²) in [5.74, 6) is 0.700. The number of carbonyl (C=O) groups excluding carboxylic acids is 1. The summed E-state index contributed by atoms with van der Waals surface area (Å²) in [6.07, 6.45) is 0.391. The molecule has 1 aromatic rings. The molecule has 124 valence electrons. The molecule has 1 N–H and O–H groups in total. The third kappa shape index (κ3) is 5.70. The van der Waals surface area contributed by atoms with Crippen molar-refractivity contribution in [1.82, 2.24) is 5.32 Å². The van der Waals surface area contributed by atoms with Crippen LogP contribution in [-0.4, -0.2) is 17.6 Å². The predicted octanol–water partition coefficient (Wildman–Crippen LogP) is 4.40. The molecule has 22 heavy (non-hydrogen) atoms. The van der Waals surface area contributed by atoms with E-state index in [2.05, 4.69) is 39.9 Å². The van der Waals surface area contributed by atoms with Crippen LogP contribution in [0.25, 0.3) is 0 Å². The molecule has 1 atom stereocenters. The van der Waals surface area contributed by atoms with Crippen LogP contribution in [0.5, 0.6) is 5.75 Å². The van der Waals surface area contributed by atoms with Crippen LogP contribution in [0.15, 0.2) is 18.2 Å². The van der Waals surface area contributed by atoms with Crippen molar-refractivity contribution in [2.75, 3.05) is 0 Å². The van der Waals surface area contributed by atoms with E-state index in [4.69, 9.17) is 4.74 Å². The Morgan fingerprint density at radius 3 is 2.32 bits per heavy atom. The minimum absolute atomic E-state index is 0.0739. The van der Waals surface area contributed by atoms with Gasteiger partial charge in [-0.05, 0) is 63.6 Å². The van der Waals surface area contributed by atoms with Crippen LogP contribution in [-0.2, 0) is 4.79 Å². The average Bonchev–Trinajstić information content (AvgIpc) is 2.31. The summed E-state index contributed by atoms with van der Waals surface area (Å²) in [6.45, 7) is 16.5. The highest BCUT2D eigenvalue weighted by Crippen LogP contribution is 2.27. The molecular weight excluding hydrogens is 274 g/mol. The Morgan fingerprint density at radius 2 is 1.77 bits per heavy atom. The average molecular weight is 305 g/mol. The second-order valence-corrected chi connectivity index (χ2v) is 8.07. The number of ether oxygens (including phenoxy) is 1. The molecule has 1 aromatic carbocycles. The molecule has 0 bridgehead atoms. The molecular formula is C19H31NO2. The lowest BCUT2D eigenvalue weighted by Gasteiger charge is -2.34. The van der Waals surface area contributed by atoms with E-state index in [1.54, 1.807) is 6.92 Å². The zero-order valence-corrected chi connectivity index (χ0v) is 15.3. The smallest absolute Gasteiger partial charge is 0.261 e. The van der Waals surface area contributed by atoms with Crippen LogP contribution in [0.1, 0.15) is 59.1 Å². The third-order valence-electron chi connectivity index (χ3n) is 3.66. The van der Waals surface area contributed by atoms with Gasteiger partial charge in [0.2, 0.25) is 0 Å². The molecule has 1 rings (SSSR count). The molecule has 0 spiro atoms. The molecule has 0 aliphatic heterocycles. The molecule has 3 nitrogen and oxygen atoms in total. The van der Waals surface area contributed by atoms with Crippen LogP contribution in [0.4, 0.5) is 0 Å². The van der Waals surface area contributed by atoms with Crippen LogP contribution < -0.4 is 10.1 Å². The van der Waals surface area contributed by atoms with Crippen molar-refractivity contribution in [3.8, 4) is 5.75 Å². The standard InChI is InChI=1S/C19H31NO2/c1-13-10-9-11-16(14(13)2)22-15(3)17(21)20-19(7,8)12-18(4,5)6/h9-11,15H,12H2,1-8H3,(H,20,21)/t15-/m1/s1. The minimum Gasteiger partial charge on any atom is -0.481 e. The largest absolute Gasteiger partial charge is 0.481 e. The van der Waals surface area contributed by atoms with Crippen LogP contribution in [0, 0.1) is 19.3 Å². The Bertz CT molecular complexity index is 527. The first-order chi connectivity index (χ1) is 9.91. The molecule has 1 amide bonds. The van der Waals surface area contributed by atoms with Crippen molar-refractivity contribution in [2.24, 2.45) is 5.41 Å². The van der Waals surface area contributed by atoms with E-state index in [1.165, 1.54) is 0 Å².